The summed E-state index contributed by atoms with van der Waals surface area (Å²) in [7, 11) is 11.9. The maximum absolute atomic E-state index is 11.6. The molecule has 0 spiro atoms. The van der Waals surface area contributed by atoms with Gasteiger partial charge in [0.2, 0.25) is 0 Å². The summed E-state index contributed by atoms with van der Waals surface area (Å²) in [5.41, 5.74) is 14.8. The molecule has 25 nitrogen and oxygen atoms in total. The third-order valence-electron chi connectivity index (χ3n) is 26.7. The van der Waals surface area contributed by atoms with E-state index in [1.54, 1.807) is 6.92 Å². The van der Waals surface area contributed by atoms with Crippen LogP contribution in [0.4, 0.5) is 0 Å². The van der Waals surface area contributed by atoms with Crippen molar-refractivity contribution in [2.75, 3.05) is 181 Å². The number of nitrogens with one attached hydrogen (secondary N) is 3. The van der Waals surface area contributed by atoms with Gasteiger partial charge in [-0.25, -0.2) is 4.79 Å². The number of aliphatic hydroxyl groups is 1. The Labute approximate surface area is 927 Å². The predicted octanol–water partition coefficient (Wildman–Crippen LogP) is 26.4. The molecule has 902 valence electrons. The van der Waals surface area contributed by atoms with Gasteiger partial charge in [-0.1, -0.05) is 206 Å². The minimum atomic E-state index is -0.592. The van der Waals surface area contributed by atoms with Crippen molar-refractivity contribution in [1.82, 2.24) is 64.9 Å². The van der Waals surface area contributed by atoms with Crippen molar-refractivity contribution < 1.29 is 48.0 Å². The number of carbonyl (C=O) groups is 4. The van der Waals surface area contributed by atoms with Gasteiger partial charge in [0.25, 0.3) is 0 Å². The number of hydrogen-bond donors (Lipinski definition) is 6. The molecular weight excluding hydrogens is 1850 g/mol. The summed E-state index contributed by atoms with van der Waals surface area (Å²) in [5.74, 6) is 0.820. The Morgan fingerprint density at radius 1 is 0.399 bits per heavy atom. The fraction of sp³-hybridized carbons (Fsp3) is 0.967. The van der Waals surface area contributed by atoms with Crippen molar-refractivity contribution in [3.05, 3.63) is 0 Å². The third kappa shape index (κ3) is 113. The molecule has 3 aliphatic heterocycles. The zero-order valence-electron chi connectivity index (χ0n) is 113. The van der Waals surface area contributed by atoms with Crippen LogP contribution in [-0.4, -0.2) is 332 Å². The van der Waals surface area contributed by atoms with E-state index in [0.29, 0.717) is 81.5 Å². The number of nitrogens with two attached hydrogens (primary N) is 2. The number of piperazine rings is 2. The number of nitrogens with zero attached hydrogens (tertiary/aromatic N) is 10. The summed E-state index contributed by atoms with van der Waals surface area (Å²) in [6.07, 6.45) is 14.0. The van der Waals surface area contributed by atoms with Gasteiger partial charge in [-0.2, -0.15) is 0 Å². The van der Waals surface area contributed by atoms with E-state index in [9.17, 15) is 19.2 Å². The molecule has 0 bridgehead atoms. The van der Waals surface area contributed by atoms with E-state index in [1.807, 2.05) is 103 Å². The van der Waals surface area contributed by atoms with Crippen molar-refractivity contribution in [3.8, 4) is 0 Å². The van der Waals surface area contributed by atoms with Gasteiger partial charge in [-0.3, -0.25) is 43.8 Å². The van der Waals surface area contributed by atoms with Crippen LogP contribution in [0.25, 0.3) is 0 Å². The summed E-state index contributed by atoms with van der Waals surface area (Å²) in [5, 5.41) is 18.4. The van der Waals surface area contributed by atoms with Crippen LogP contribution in [0.1, 0.15) is 486 Å². The highest BCUT2D eigenvalue weighted by Crippen LogP contribution is 2.32. The molecule has 148 heavy (non-hydrogen) atoms. The molecule has 1 aliphatic carbocycles. The quantitative estimate of drug-likeness (QED) is 0.0298. The second-order valence-corrected chi connectivity index (χ2v) is 57.2. The zero-order valence-corrected chi connectivity index (χ0v) is 113. The fourth-order valence-electron chi connectivity index (χ4n) is 12.6. The molecule has 0 aromatic carbocycles. The summed E-state index contributed by atoms with van der Waals surface area (Å²) in [6.45, 7) is 147. The molecule has 0 aromatic rings. The Bertz CT molecular complexity index is 2840. The lowest BCUT2D eigenvalue weighted by atomic mass is 9.76. The van der Waals surface area contributed by atoms with Crippen molar-refractivity contribution in [2.24, 2.45) is 56.8 Å². The van der Waals surface area contributed by atoms with Crippen LogP contribution in [0, 0.1) is 45.3 Å². The van der Waals surface area contributed by atoms with Gasteiger partial charge >= 0.3 is 23.9 Å². The van der Waals surface area contributed by atoms with E-state index >= 15 is 0 Å². The lowest BCUT2D eigenvalue weighted by Crippen LogP contribution is -2.53. The Hall–Kier alpha value is -2.80. The molecule has 3 heterocycles. The Kier molecular flexibility index (Phi) is 94.6. The third-order valence-corrected chi connectivity index (χ3v) is 26.7. The fourth-order valence-corrected chi connectivity index (χ4v) is 12.6. The standard InChI is InChI=1S/C12H23NO2.C11H24N2O2.2C11H24N2.C9H19NO2.C9H20.C8H17NO3.C8H17N.2C7H17N.C7H16.2C6H15N.C6H14.C5H13NO/c1-12(2,3)13(4)9-15-11(14)10-7-5-6-8-10;1-8(2)9(12)10(14)15-7-13(6)11(3,4)5;2*1-5-6-12-7-9-13(10-8-12)11(2,3)4;1-6-8(11)12-7-10(5)9(2,3)4;1-7(2)8(3)9(4,5)6;1-8(2,3)9(4)6-12-7(11)5-10;1-8(2,3)7-5-4-6-9-7;2*1-6-8(5)7(2,3)4;1-5-6-7(2,3)4;2*1-5-7-6(2,3)4;1-5-6(2,3)4;1-5(2,3)7-4-6/h10H,5-9H2,1-4H3;8-9H,7,12H2,1-6H3;2*5-10H2,1-4H3;6-7H2,1-5H3;7-8H,1-6H3;10H,5-6H2,1-4H3;7,9H,4-6H2,1-3H3;2*6H2,1-5H3;5-6H2,1-4H3;2*7H,5H2,1-4H3;5H2,1-4H3;4,6H2,1-3H3. The van der Waals surface area contributed by atoms with Gasteiger partial charge in [-0.15, -0.1) is 0 Å². The predicted molar refractivity (Wildman–Crippen MR) is 653 cm³/mol. The van der Waals surface area contributed by atoms with Crippen LogP contribution in [0.5, 0.6) is 0 Å². The summed E-state index contributed by atoms with van der Waals surface area (Å²) < 4.78 is 25.1. The number of hydrogen-bond acceptors (Lipinski definition) is 25. The molecule has 0 amide bonds. The van der Waals surface area contributed by atoms with Gasteiger partial charge in [0.05, 0.1) is 18.2 Å². The van der Waals surface area contributed by atoms with Crippen LogP contribution >= 0.6 is 0 Å². The van der Waals surface area contributed by atoms with Crippen molar-refractivity contribution in [3.63, 3.8) is 0 Å². The van der Waals surface area contributed by atoms with Crippen molar-refractivity contribution in [1.29, 1.82) is 0 Å². The van der Waals surface area contributed by atoms with Crippen molar-refractivity contribution >= 4 is 23.9 Å². The molecule has 0 aromatic heterocycles. The van der Waals surface area contributed by atoms with Crippen LogP contribution in [0.15, 0.2) is 0 Å². The van der Waals surface area contributed by atoms with Gasteiger partial charge in [-0.05, 0) is 401 Å². The summed E-state index contributed by atoms with van der Waals surface area (Å²) >= 11 is 0. The minimum absolute atomic E-state index is 0.0106. The molecule has 4 fully saturated rings. The molecule has 4 aliphatic rings. The van der Waals surface area contributed by atoms with Gasteiger partial charge in [0.15, 0.2) is 0 Å². The van der Waals surface area contributed by atoms with Gasteiger partial charge in [0, 0.05) is 120 Å². The van der Waals surface area contributed by atoms with E-state index in [-0.39, 0.29) is 71.0 Å². The smallest absolute Gasteiger partial charge is 0.333 e. The molecule has 1 saturated carbocycles. The highest BCUT2D eigenvalue weighted by atomic mass is 16.6. The molecule has 8 N–H and O–H groups in total. The highest BCUT2D eigenvalue weighted by molar-refractivity contribution is 5.75. The molecule has 4 rings (SSSR count). The maximum Gasteiger partial charge on any atom is 0.333 e. The molecule has 25 heteroatoms. The Morgan fingerprint density at radius 2 is 0.703 bits per heavy atom. The first-order chi connectivity index (χ1) is 66.1. The van der Waals surface area contributed by atoms with Crippen LogP contribution in [0.3, 0.4) is 0 Å². The van der Waals surface area contributed by atoms with Crippen LogP contribution in [0.2, 0.25) is 0 Å². The maximum atomic E-state index is 11.6. The second kappa shape index (κ2) is 83.5. The molecule has 3 saturated heterocycles. The Morgan fingerprint density at radius 3 is 0.858 bits per heavy atom. The average Bonchev–Trinajstić information content (AvgIpc) is 0.922. The Balaban J connectivity index is -0.000000152. The van der Waals surface area contributed by atoms with Gasteiger partial charge < -0.3 is 75.8 Å². The minimum Gasteiger partial charge on any atom is -0.449 e. The van der Waals surface area contributed by atoms with E-state index < -0.39 is 18.6 Å². The van der Waals surface area contributed by atoms with Crippen LogP contribution < -0.4 is 27.4 Å². The van der Waals surface area contributed by atoms with Gasteiger partial charge in [0.1, 0.15) is 39.6 Å². The highest BCUT2D eigenvalue weighted by Gasteiger charge is 2.32. The zero-order chi connectivity index (χ0) is 120. The van der Waals surface area contributed by atoms with E-state index in [0.717, 1.165) is 56.9 Å². The van der Waals surface area contributed by atoms with Crippen LogP contribution in [-0.2, 0) is 42.9 Å². The summed E-state index contributed by atoms with van der Waals surface area (Å²) in [6, 6.07) is 0.232. The normalized spacial score (nSPS) is 16.0. The average molecular weight is 2120 g/mol. The van der Waals surface area contributed by atoms with Crippen molar-refractivity contribution in [2.45, 2.75) is 559 Å². The number of rotatable bonds is 24. The molecular formula is C123H275N15O10. The first-order valence-electron chi connectivity index (χ1n) is 57.9. The number of aliphatic hydroxyl groups excluding tert-OH is 1. The second-order valence-electron chi connectivity index (χ2n) is 57.2. The largest absolute Gasteiger partial charge is 0.449 e. The topological polar surface area (TPSA) is 255 Å². The SMILES string of the molecule is CC(C)(C)C1CCCN1.CC(C)(C)OCN.CC(C)C(C)C(C)(C)C.CC(C)C(N)C(=O)OCN(C)C(C)(C)C.CCC(=O)OCN(C)C(C)(C)C.CCC(C)(C)C.CCCC(C)(C)C.CCCN1CCN(C(C)(C)C)CC1.CCCN1CCN(C(C)(C)C)CC1.CCN(C)C(C)(C)C.CCN(C)C(C)(C)C.CCNC(C)(C)C.CCNC(C)(C)C.CN(COC(=O)C1CCCC1)C(C)(C)C.CN(COC(=O)CO)C(C)(C)C. The van der Waals surface area contributed by atoms with E-state index in [1.165, 1.54) is 130 Å². The number of carbonyl (C=O) groups excluding carboxylic acids is 4. The summed E-state index contributed by atoms with van der Waals surface area (Å²) in [4.78, 5) is 67.2. The lowest BCUT2D eigenvalue weighted by Gasteiger charge is -2.42. The number of esters is 4. The van der Waals surface area contributed by atoms with E-state index in [4.69, 9.17) is 40.3 Å². The first kappa shape index (κ1) is 168. The lowest BCUT2D eigenvalue weighted by molar-refractivity contribution is -0.155. The first-order valence-corrected chi connectivity index (χ1v) is 57.9. The molecule has 0 radical (unpaired) electrons. The molecule has 3 unspecified atom stereocenters. The molecule has 3 atom stereocenters. The monoisotopic (exact) mass is 2120 g/mol. The van der Waals surface area contributed by atoms with E-state index in [2.05, 4.69) is 406 Å². The number of ether oxygens (including phenoxy) is 5.